The molecular formula is C10H12BrN3O. The second-order valence-electron chi connectivity index (χ2n) is 3.59. The first-order valence-electron chi connectivity index (χ1n) is 4.76. The minimum atomic E-state index is 0.367. The van der Waals surface area contributed by atoms with Crippen LogP contribution in [0.5, 0.6) is 0 Å². The highest BCUT2D eigenvalue weighted by Gasteiger charge is 2.12. The van der Waals surface area contributed by atoms with Crippen molar-refractivity contribution >= 4 is 15.9 Å². The Morgan fingerprint density at radius 3 is 2.93 bits per heavy atom. The van der Waals surface area contributed by atoms with Gasteiger partial charge in [0, 0.05) is 12.1 Å². The zero-order valence-corrected chi connectivity index (χ0v) is 10.2. The van der Waals surface area contributed by atoms with E-state index in [0.717, 1.165) is 17.1 Å². The number of alkyl halides is 1. The third-order valence-corrected chi connectivity index (χ3v) is 2.73. The van der Waals surface area contributed by atoms with Crippen LogP contribution in [0.2, 0.25) is 0 Å². The first-order chi connectivity index (χ1) is 7.22. The Morgan fingerprint density at radius 2 is 2.33 bits per heavy atom. The molecule has 2 aromatic heterocycles. The van der Waals surface area contributed by atoms with Gasteiger partial charge in [-0.3, -0.25) is 0 Å². The van der Waals surface area contributed by atoms with E-state index in [-0.39, 0.29) is 0 Å². The van der Waals surface area contributed by atoms with Crippen LogP contribution in [0.1, 0.15) is 25.6 Å². The lowest BCUT2D eigenvalue weighted by Gasteiger charge is -2.08. The average Bonchev–Trinajstić information content (AvgIpc) is 2.85. The highest BCUT2D eigenvalue weighted by atomic mass is 79.9. The van der Waals surface area contributed by atoms with Gasteiger partial charge in [0.05, 0.1) is 23.5 Å². The normalized spacial score (nSPS) is 11.2. The van der Waals surface area contributed by atoms with Crippen LogP contribution in [0.4, 0.5) is 0 Å². The molecule has 0 radical (unpaired) electrons. The molecule has 0 aliphatic carbocycles. The molecule has 0 atom stereocenters. The van der Waals surface area contributed by atoms with Crippen LogP contribution >= 0.6 is 15.9 Å². The van der Waals surface area contributed by atoms with Gasteiger partial charge in [0.15, 0.2) is 0 Å². The number of imidazole rings is 1. The van der Waals surface area contributed by atoms with Crippen molar-refractivity contribution in [2.45, 2.75) is 25.2 Å². The van der Waals surface area contributed by atoms with Crippen molar-refractivity contribution in [3.05, 3.63) is 24.4 Å². The van der Waals surface area contributed by atoms with Crippen LogP contribution in [0, 0.1) is 0 Å². The maximum Gasteiger partial charge on any atom is 0.147 e. The third-order valence-electron chi connectivity index (χ3n) is 2.18. The molecule has 0 aliphatic rings. The molecule has 0 aliphatic heterocycles. The van der Waals surface area contributed by atoms with Gasteiger partial charge in [0.2, 0.25) is 0 Å². The van der Waals surface area contributed by atoms with Gasteiger partial charge in [-0.25, -0.2) is 4.98 Å². The number of rotatable bonds is 3. The summed E-state index contributed by atoms with van der Waals surface area (Å²) in [5.41, 5.74) is 1.82. The van der Waals surface area contributed by atoms with Gasteiger partial charge in [0.1, 0.15) is 11.5 Å². The Balaban J connectivity index is 2.40. The molecule has 0 saturated carbocycles. The summed E-state index contributed by atoms with van der Waals surface area (Å²) in [5, 5.41) is 4.68. The molecule has 15 heavy (non-hydrogen) atoms. The SMILES string of the molecule is CC(C)n1cncc1-c1cc(CBr)on1. The fraction of sp³-hybridized carbons (Fsp3) is 0.400. The lowest BCUT2D eigenvalue weighted by molar-refractivity contribution is 0.397. The van der Waals surface area contributed by atoms with E-state index in [2.05, 4.69) is 44.5 Å². The molecule has 0 fully saturated rings. The van der Waals surface area contributed by atoms with Crippen LogP contribution in [0.25, 0.3) is 11.4 Å². The highest BCUT2D eigenvalue weighted by molar-refractivity contribution is 9.08. The molecule has 0 amide bonds. The molecule has 0 bridgehead atoms. The second-order valence-corrected chi connectivity index (χ2v) is 4.15. The van der Waals surface area contributed by atoms with Crippen molar-refractivity contribution in [1.29, 1.82) is 0 Å². The van der Waals surface area contributed by atoms with E-state index < -0.39 is 0 Å². The number of nitrogens with zero attached hydrogens (tertiary/aromatic N) is 3. The quantitative estimate of drug-likeness (QED) is 0.805. The van der Waals surface area contributed by atoms with E-state index in [9.17, 15) is 0 Å². The lowest BCUT2D eigenvalue weighted by Crippen LogP contribution is -2.00. The molecule has 0 saturated heterocycles. The van der Waals surface area contributed by atoms with E-state index in [1.165, 1.54) is 0 Å². The molecule has 2 heterocycles. The molecule has 2 rings (SSSR count). The van der Waals surface area contributed by atoms with E-state index in [1.54, 1.807) is 6.20 Å². The van der Waals surface area contributed by atoms with Crippen molar-refractivity contribution in [2.75, 3.05) is 0 Å². The van der Waals surface area contributed by atoms with Gasteiger partial charge >= 0.3 is 0 Å². The predicted octanol–water partition coefficient (Wildman–Crippen LogP) is 3.01. The maximum absolute atomic E-state index is 5.13. The minimum Gasteiger partial charge on any atom is -0.360 e. The van der Waals surface area contributed by atoms with Gasteiger partial charge in [-0.15, -0.1) is 0 Å². The van der Waals surface area contributed by atoms with Gasteiger partial charge in [-0.2, -0.15) is 0 Å². The smallest absolute Gasteiger partial charge is 0.147 e. The summed E-state index contributed by atoms with van der Waals surface area (Å²) in [6.45, 7) is 4.22. The largest absolute Gasteiger partial charge is 0.360 e. The van der Waals surface area contributed by atoms with Crippen molar-refractivity contribution < 1.29 is 4.52 Å². The van der Waals surface area contributed by atoms with Crippen LogP contribution in [-0.2, 0) is 5.33 Å². The first-order valence-corrected chi connectivity index (χ1v) is 5.88. The molecule has 0 N–H and O–H groups in total. The molecule has 4 nitrogen and oxygen atoms in total. The Labute approximate surface area is 96.4 Å². The standard InChI is InChI=1S/C10H12BrN3O/c1-7(2)14-6-12-5-10(14)9-3-8(4-11)15-13-9/h3,5-7H,4H2,1-2H3. The summed E-state index contributed by atoms with van der Waals surface area (Å²) >= 11 is 3.33. The Morgan fingerprint density at radius 1 is 1.53 bits per heavy atom. The zero-order valence-electron chi connectivity index (χ0n) is 8.64. The van der Waals surface area contributed by atoms with Crippen molar-refractivity contribution in [3.8, 4) is 11.4 Å². The summed E-state index contributed by atoms with van der Waals surface area (Å²) < 4.78 is 7.20. The van der Waals surface area contributed by atoms with E-state index in [0.29, 0.717) is 11.4 Å². The van der Waals surface area contributed by atoms with Crippen molar-refractivity contribution in [1.82, 2.24) is 14.7 Å². The van der Waals surface area contributed by atoms with E-state index >= 15 is 0 Å². The fourth-order valence-corrected chi connectivity index (χ4v) is 1.68. The molecule has 0 spiro atoms. The zero-order chi connectivity index (χ0) is 10.8. The van der Waals surface area contributed by atoms with Gasteiger partial charge in [-0.05, 0) is 13.8 Å². The minimum absolute atomic E-state index is 0.367. The fourth-order valence-electron chi connectivity index (χ4n) is 1.41. The van der Waals surface area contributed by atoms with Gasteiger partial charge < -0.3 is 9.09 Å². The van der Waals surface area contributed by atoms with Crippen LogP contribution in [0.15, 0.2) is 23.1 Å². The number of halogens is 1. The Bertz CT molecular complexity index is 447. The summed E-state index contributed by atoms with van der Waals surface area (Å²) in [6.07, 6.45) is 3.61. The third kappa shape index (κ3) is 1.97. The Kier molecular flexibility index (Phi) is 2.90. The summed E-state index contributed by atoms with van der Waals surface area (Å²) in [4.78, 5) is 4.12. The van der Waals surface area contributed by atoms with E-state index in [1.807, 2.05) is 12.4 Å². The average molecular weight is 270 g/mol. The number of hydrogen-bond donors (Lipinski definition) is 0. The monoisotopic (exact) mass is 269 g/mol. The summed E-state index contributed by atoms with van der Waals surface area (Å²) in [7, 11) is 0. The van der Waals surface area contributed by atoms with E-state index in [4.69, 9.17) is 4.52 Å². The molecule has 0 aromatic carbocycles. The van der Waals surface area contributed by atoms with Crippen LogP contribution < -0.4 is 0 Å². The topological polar surface area (TPSA) is 43.9 Å². The number of hydrogen-bond acceptors (Lipinski definition) is 3. The lowest BCUT2D eigenvalue weighted by atomic mass is 10.3. The maximum atomic E-state index is 5.13. The van der Waals surface area contributed by atoms with Gasteiger partial charge in [-0.1, -0.05) is 21.1 Å². The van der Waals surface area contributed by atoms with Crippen LogP contribution in [0.3, 0.4) is 0 Å². The molecule has 5 heteroatoms. The van der Waals surface area contributed by atoms with Crippen molar-refractivity contribution in [2.24, 2.45) is 0 Å². The van der Waals surface area contributed by atoms with Crippen LogP contribution in [-0.4, -0.2) is 14.7 Å². The van der Waals surface area contributed by atoms with Crippen molar-refractivity contribution in [3.63, 3.8) is 0 Å². The molecule has 0 unspecified atom stereocenters. The van der Waals surface area contributed by atoms with Gasteiger partial charge in [0.25, 0.3) is 0 Å². The molecular weight excluding hydrogens is 258 g/mol. The summed E-state index contributed by atoms with van der Waals surface area (Å²) in [5.74, 6) is 0.821. The predicted molar refractivity (Wildman–Crippen MR) is 60.7 cm³/mol. The molecule has 80 valence electrons. The number of aromatic nitrogens is 3. The highest BCUT2D eigenvalue weighted by Crippen LogP contribution is 2.22. The molecule has 2 aromatic rings. The first kappa shape index (κ1) is 10.4. The Hall–Kier alpha value is -1.10. The summed E-state index contributed by atoms with van der Waals surface area (Å²) in [6, 6.07) is 2.29. The second kappa shape index (κ2) is 4.18.